The van der Waals surface area contributed by atoms with Gasteiger partial charge in [-0.2, -0.15) is 0 Å². The van der Waals surface area contributed by atoms with Gasteiger partial charge in [0, 0.05) is 49.7 Å². The maximum atomic E-state index is 12.8. The Bertz CT molecular complexity index is 981. The summed E-state index contributed by atoms with van der Waals surface area (Å²) >= 11 is 0. The summed E-state index contributed by atoms with van der Waals surface area (Å²) in [5.41, 5.74) is 2.21. The molecule has 1 saturated carbocycles. The molecule has 5 rings (SSSR count). The van der Waals surface area contributed by atoms with Gasteiger partial charge >= 0.3 is 0 Å². The number of ether oxygens (including phenoxy) is 2. The van der Waals surface area contributed by atoms with Crippen LogP contribution < -0.4 is 14.8 Å². The molecule has 3 aliphatic rings. The van der Waals surface area contributed by atoms with Crippen LogP contribution in [0.3, 0.4) is 0 Å². The van der Waals surface area contributed by atoms with Crippen molar-refractivity contribution in [2.45, 2.75) is 57.3 Å². The second-order valence-corrected chi connectivity index (χ2v) is 8.41. The number of carbonyl (C=O) groups excluding carboxylic acids is 2. The Morgan fingerprint density at radius 1 is 1.00 bits per heavy atom. The molecule has 2 fully saturated rings. The largest absolute Gasteiger partial charge is 0.448 e. The number of nitrogens with one attached hydrogen (secondary N) is 1. The van der Waals surface area contributed by atoms with Crippen LogP contribution in [0.4, 0.5) is 5.69 Å². The minimum absolute atomic E-state index is 0.181. The third-order valence-electron chi connectivity index (χ3n) is 6.14. The smallest absolute Gasteiger partial charge is 0.255 e. The van der Waals surface area contributed by atoms with Crippen molar-refractivity contribution in [2.24, 2.45) is 0 Å². The van der Waals surface area contributed by atoms with Crippen LogP contribution in [0, 0.1) is 0 Å². The van der Waals surface area contributed by atoms with Crippen molar-refractivity contribution >= 4 is 17.5 Å². The number of amides is 2. The van der Waals surface area contributed by atoms with Crippen molar-refractivity contribution in [2.75, 3.05) is 11.9 Å². The van der Waals surface area contributed by atoms with E-state index in [1.54, 1.807) is 6.07 Å². The Hall–Kier alpha value is -3.02. The van der Waals surface area contributed by atoms with Gasteiger partial charge in [0.05, 0.1) is 0 Å². The molecule has 156 valence electrons. The number of likely N-dealkylation sites (tertiary alicyclic amines) is 1. The Morgan fingerprint density at radius 3 is 2.63 bits per heavy atom. The first-order chi connectivity index (χ1) is 14.6. The van der Waals surface area contributed by atoms with Gasteiger partial charge in [0.1, 0.15) is 0 Å². The molecule has 0 bridgehead atoms. The summed E-state index contributed by atoms with van der Waals surface area (Å²) in [7, 11) is 0. The van der Waals surface area contributed by atoms with Crippen LogP contribution in [-0.2, 0) is 11.3 Å². The van der Waals surface area contributed by atoms with Gasteiger partial charge in [0.2, 0.25) is 5.91 Å². The van der Waals surface area contributed by atoms with E-state index in [1.165, 1.54) is 6.42 Å². The average Bonchev–Trinajstić information content (AvgIpc) is 3.31. The van der Waals surface area contributed by atoms with Crippen molar-refractivity contribution in [3.05, 3.63) is 53.6 Å². The number of rotatable bonds is 4. The molecule has 30 heavy (non-hydrogen) atoms. The second-order valence-electron chi connectivity index (χ2n) is 8.41. The van der Waals surface area contributed by atoms with E-state index in [2.05, 4.69) is 5.32 Å². The summed E-state index contributed by atoms with van der Waals surface area (Å²) in [5, 5.41) is 2.95. The number of hydrogen-bond donors (Lipinski definition) is 1. The van der Waals surface area contributed by atoms with Crippen LogP contribution >= 0.6 is 0 Å². The summed E-state index contributed by atoms with van der Waals surface area (Å²) < 4.78 is 12.3. The first-order valence-electron chi connectivity index (χ1n) is 10.8. The standard InChI is InChI=1S/C24H26N2O4/c27-22-8-5-13-26(22)16-17-6-4-7-18(14-17)23(28)25-19-9-10-20-21(15-19)30-24(29-20)11-2-1-3-12-24/h4,6-7,9-10,14-15H,1-3,5,8,11-13,16H2,(H,25,28). The number of nitrogens with zero attached hydrogens (tertiary/aromatic N) is 1. The fraction of sp³-hybridized carbons (Fsp3) is 0.417. The first kappa shape index (κ1) is 19.0. The molecule has 1 aliphatic carbocycles. The summed E-state index contributed by atoms with van der Waals surface area (Å²) in [6.45, 7) is 1.33. The molecular formula is C24H26N2O4. The van der Waals surface area contributed by atoms with E-state index in [-0.39, 0.29) is 11.8 Å². The van der Waals surface area contributed by atoms with E-state index in [1.807, 2.05) is 41.3 Å². The van der Waals surface area contributed by atoms with Gasteiger partial charge < -0.3 is 19.7 Å². The van der Waals surface area contributed by atoms with E-state index in [4.69, 9.17) is 9.47 Å². The highest BCUT2D eigenvalue weighted by Crippen LogP contribution is 2.46. The Kier molecular flexibility index (Phi) is 4.85. The van der Waals surface area contributed by atoms with E-state index < -0.39 is 5.79 Å². The maximum absolute atomic E-state index is 12.8. The summed E-state index contributed by atoms with van der Waals surface area (Å²) in [6.07, 6.45) is 6.76. The van der Waals surface area contributed by atoms with Crippen LogP contribution in [0.1, 0.15) is 60.9 Å². The lowest BCUT2D eigenvalue weighted by Gasteiger charge is -2.31. The van der Waals surface area contributed by atoms with E-state index in [0.29, 0.717) is 30.0 Å². The van der Waals surface area contributed by atoms with Crippen molar-refractivity contribution < 1.29 is 19.1 Å². The molecule has 6 nitrogen and oxygen atoms in total. The maximum Gasteiger partial charge on any atom is 0.255 e. The third kappa shape index (κ3) is 3.74. The van der Waals surface area contributed by atoms with Gasteiger partial charge in [0.15, 0.2) is 11.5 Å². The molecule has 2 amide bonds. The lowest BCUT2D eigenvalue weighted by Crippen LogP contribution is -2.40. The zero-order valence-electron chi connectivity index (χ0n) is 17.0. The van der Waals surface area contributed by atoms with Gasteiger partial charge in [-0.3, -0.25) is 9.59 Å². The Balaban J connectivity index is 1.27. The summed E-state index contributed by atoms with van der Waals surface area (Å²) in [6, 6.07) is 13.0. The predicted octanol–water partition coefficient (Wildman–Crippen LogP) is 4.49. The van der Waals surface area contributed by atoms with E-state index in [9.17, 15) is 9.59 Å². The minimum atomic E-state index is -0.523. The molecule has 1 saturated heterocycles. The highest BCUT2D eigenvalue weighted by Gasteiger charge is 2.42. The number of fused-ring (bicyclic) bond motifs is 1. The van der Waals surface area contributed by atoms with Gasteiger partial charge in [-0.05, 0) is 49.1 Å². The number of carbonyl (C=O) groups is 2. The lowest BCUT2D eigenvalue weighted by molar-refractivity contribution is -0.128. The first-order valence-corrected chi connectivity index (χ1v) is 10.8. The van der Waals surface area contributed by atoms with Crippen LogP contribution in [0.2, 0.25) is 0 Å². The molecule has 0 aromatic heterocycles. The molecule has 0 atom stereocenters. The van der Waals surface area contributed by atoms with Crippen LogP contribution in [-0.4, -0.2) is 29.0 Å². The second kappa shape index (κ2) is 7.67. The number of hydrogen-bond acceptors (Lipinski definition) is 4. The molecule has 0 radical (unpaired) electrons. The molecule has 2 aliphatic heterocycles. The van der Waals surface area contributed by atoms with Gasteiger partial charge in [-0.1, -0.05) is 18.6 Å². The van der Waals surface area contributed by atoms with Crippen LogP contribution in [0.25, 0.3) is 0 Å². The molecule has 0 unspecified atom stereocenters. The average molecular weight is 406 g/mol. The quantitative estimate of drug-likeness (QED) is 0.812. The molecule has 1 N–H and O–H groups in total. The Morgan fingerprint density at radius 2 is 1.83 bits per heavy atom. The van der Waals surface area contributed by atoms with E-state index in [0.717, 1.165) is 50.0 Å². The van der Waals surface area contributed by atoms with Crippen LogP contribution in [0.5, 0.6) is 11.5 Å². The van der Waals surface area contributed by atoms with E-state index >= 15 is 0 Å². The fourth-order valence-corrected chi connectivity index (χ4v) is 4.57. The fourth-order valence-electron chi connectivity index (χ4n) is 4.57. The van der Waals surface area contributed by atoms with Crippen molar-refractivity contribution in [3.63, 3.8) is 0 Å². The van der Waals surface area contributed by atoms with Crippen molar-refractivity contribution in [1.29, 1.82) is 0 Å². The van der Waals surface area contributed by atoms with Crippen molar-refractivity contribution in [3.8, 4) is 11.5 Å². The monoisotopic (exact) mass is 406 g/mol. The third-order valence-corrected chi connectivity index (χ3v) is 6.14. The summed E-state index contributed by atoms with van der Waals surface area (Å²) in [5.74, 6) is 0.907. The molecule has 1 spiro atoms. The van der Waals surface area contributed by atoms with Gasteiger partial charge in [-0.25, -0.2) is 0 Å². The normalized spacial score (nSPS) is 19.3. The lowest BCUT2D eigenvalue weighted by atomic mass is 9.94. The topological polar surface area (TPSA) is 67.9 Å². The summed E-state index contributed by atoms with van der Waals surface area (Å²) in [4.78, 5) is 26.5. The highest BCUT2D eigenvalue weighted by atomic mass is 16.7. The highest BCUT2D eigenvalue weighted by molar-refractivity contribution is 6.04. The van der Waals surface area contributed by atoms with Crippen molar-refractivity contribution in [1.82, 2.24) is 4.90 Å². The van der Waals surface area contributed by atoms with Crippen LogP contribution in [0.15, 0.2) is 42.5 Å². The Labute approximate surface area is 176 Å². The number of anilines is 1. The predicted molar refractivity (Wildman–Crippen MR) is 113 cm³/mol. The molecule has 2 aromatic carbocycles. The zero-order chi connectivity index (χ0) is 20.6. The minimum Gasteiger partial charge on any atom is -0.448 e. The molecule has 6 heteroatoms. The zero-order valence-corrected chi connectivity index (χ0v) is 17.0. The molecular weight excluding hydrogens is 380 g/mol. The molecule has 2 aromatic rings. The molecule has 2 heterocycles. The number of benzene rings is 2. The van der Waals surface area contributed by atoms with Gasteiger partial charge in [0.25, 0.3) is 11.7 Å². The SMILES string of the molecule is O=C(Nc1ccc2c(c1)OC1(CCCCC1)O2)c1cccc(CN2CCCC2=O)c1. The van der Waals surface area contributed by atoms with Gasteiger partial charge in [-0.15, -0.1) is 0 Å².